The highest BCUT2D eigenvalue weighted by Gasteiger charge is 2.54. The molecule has 192 valence electrons. The highest BCUT2D eigenvalue weighted by Crippen LogP contribution is 2.43. The van der Waals surface area contributed by atoms with Crippen LogP contribution in [0.3, 0.4) is 0 Å². The van der Waals surface area contributed by atoms with Gasteiger partial charge in [0, 0.05) is 5.92 Å². The van der Waals surface area contributed by atoms with Crippen LogP contribution in [0.2, 0.25) is 5.04 Å². The summed E-state index contributed by atoms with van der Waals surface area (Å²) in [5.74, 6) is -1.05. The quantitative estimate of drug-likeness (QED) is 0.300. The number of hydrogen-bond donors (Lipinski definition) is 0. The molecule has 4 atom stereocenters. The molecule has 0 saturated heterocycles. The third kappa shape index (κ3) is 6.05. The molecule has 2 aromatic rings. The molecule has 0 spiro atoms. The Morgan fingerprint density at radius 3 is 1.83 bits per heavy atom. The molecule has 2 aromatic carbocycles. The molecule has 6 nitrogen and oxygen atoms in total. The second-order valence-corrected chi connectivity index (χ2v) is 16.3. The van der Waals surface area contributed by atoms with Gasteiger partial charge >= 0.3 is 5.97 Å². The first kappa shape index (κ1) is 27.6. The molecule has 0 amide bonds. The zero-order valence-electron chi connectivity index (χ0n) is 21.6. The van der Waals surface area contributed by atoms with Gasteiger partial charge in [-0.05, 0) is 34.7 Å². The summed E-state index contributed by atoms with van der Waals surface area (Å²) in [6, 6.07) is 20.6. The first-order valence-electron chi connectivity index (χ1n) is 12.2. The van der Waals surface area contributed by atoms with Crippen molar-refractivity contribution in [3.05, 3.63) is 60.7 Å². The molecule has 0 aromatic heterocycles. The topological polar surface area (TPSA) is 78.9 Å². The summed E-state index contributed by atoms with van der Waals surface area (Å²) in [5, 5.41) is 2.02. The number of ether oxygens (including phenoxy) is 1. The van der Waals surface area contributed by atoms with Crippen LogP contribution >= 0.6 is 0 Å². The van der Waals surface area contributed by atoms with Crippen molar-refractivity contribution in [3.8, 4) is 0 Å². The maximum absolute atomic E-state index is 12.6. The zero-order valence-corrected chi connectivity index (χ0v) is 23.4. The van der Waals surface area contributed by atoms with Crippen LogP contribution in [0.1, 0.15) is 47.0 Å². The van der Waals surface area contributed by atoms with E-state index in [2.05, 4.69) is 45.0 Å². The normalized spacial score (nSPS) is 23.6. The molecule has 1 fully saturated rings. The third-order valence-corrected chi connectivity index (χ3v) is 12.7. The number of hydrogen-bond acceptors (Lipinski definition) is 6. The number of carbonyl (C=O) groups is 1. The van der Waals surface area contributed by atoms with Crippen LogP contribution < -0.4 is 10.4 Å². The second kappa shape index (κ2) is 10.9. The smallest absolute Gasteiger partial charge is 0.308 e. The molecule has 8 heteroatoms. The summed E-state index contributed by atoms with van der Waals surface area (Å²) in [6.45, 7) is 8.62. The summed E-state index contributed by atoms with van der Waals surface area (Å²) < 4.78 is 42.2. The predicted molar refractivity (Wildman–Crippen MR) is 141 cm³/mol. The molecule has 1 aliphatic rings. The van der Waals surface area contributed by atoms with Crippen molar-refractivity contribution in [1.29, 1.82) is 0 Å². The van der Waals surface area contributed by atoms with Crippen molar-refractivity contribution >= 4 is 34.8 Å². The lowest BCUT2D eigenvalue weighted by Crippen LogP contribution is -2.69. The molecule has 0 heterocycles. The number of carbonyl (C=O) groups excluding carboxylic acids is 1. The maximum atomic E-state index is 12.6. The van der Waals surface area contributed by atoms with E-state index in [-0.39, 0.29) is 23.0 Å². The van der Waals surface area contributed by atoms with E-state index in [1.807, 2.05) is 43.3 Å². The molecule has 0 bridgehead atoms. The van der Waals surface area contributed by atoms with Gasteiger partial charge in [-0.3, -0.25) is 8.98 Å². The van der Waals surface area contributed by atoms with E-state index in [0.717, 1.165) is 16.6 Å². The fraction of sp³-hybridized carbons (Fsp3) is 0.519. The van der Waals surface area contributed by atoms with Gasteiger partial charge in [-0.15, -0.1) is 0 Å². The van der Waals surface area contributed by atoms with Crippen LogP contribution in [0, 0.1) is 11.8 Å². The Labute approximate surface area is 211 Å². The van der Waals surface area contributed by atoms with Crippen molar-refractivity contribution in [1.82, 2.24) is 0 Å². The van der Waals surface area contributed by atoms with Crippen LogP contribution in [0.15, 0.2) is 60.7 Å². The van der Waals surface area contributed by atoms with Gasteiger partial charge in [-0.2, -0.15) is 8.42 Å². The third-order valence-electron chi connectivity index (χ3n) is 7.04. The molecular formula is C27H38O6SSi. The summed E-state index contributed by atoms with van der Waals surface area (Å²) in [7, 11) is -5.27. The van der Waals surface area contributed by atoms with E-state index in [0.29, 0.717) is 19.3 Å². The molecule has 0 radical (unpaired) electrons. The van der Waals surface area contributed by atoms with E-state index in [9.17, 15) is 13.2 Å². The summed E-state index contributed by atoms with van der Waals surface area (Å²) >= 11 is 0. The van der Waals surface area contributed by atoms with Crippen molar-refractivity contribution < 1.29 is 26.6 Å². The molecule has 3 rings (SSSR count). The largest absolute Gasteiger partial charge is 0.469 e. The Morgan fingerprint density at radius 1 is 0.943 bits per heavy atom. The minimum Gasteiger partial charge on any atom is -0.469 e. The average Bonchev–Trinajstić information content (AvgIpc) is 2.81. The van der Waals surface area contributed by atoms with Crippen molar-refractivity contribution in [3.63, 3.8) is 0 Å². The lowest BCUT2D eigenvalue weighted by molar-refractivity contribution is -0.151. The SMILES string of the molecule is CC[C@@H]1[C@@H](OS(C)(=O)=O)C[C@@H](C(=O)OC)C[C@H]1O[Si](c1ccccc1)(c1ccccc1)C(C)(C)C. The van der Waals surface area contributed by atoms with Crippen LogP contribution in [0.4, 0.5) is 0 Å². The van der Waals surface area contributed by atoms with Crippen LogP contribution in [-0.2, 0) is 28.3 Å². The number of benzene rings is 2. The van der Waals surface area contributed by atoms with E-state index < -0.39 is 30.5 Å². The van der Waals surface area contributed by atoms with Gasteiger partial charge in [-0.1, -0.05) is 88.4 Å². The molecule has 0 aliphatic heterocycles. The van der Waals surface area contributed by atoms with Crippen LogP contribution in [-0.4, -0.2) is 48.3 Å². The Hall–Kier alpha value is -2.00. The van der Waals surface area contributed by atoms with Gasteiger partial charge in [-0.25, -0.2) is 0 Å². The Morgan fingerprint density at radius 2 is 1.43 bits per heavy atom. The number of rotatable bonds is 8. The lowest BCUT2D eigenvalue weighted by Gasteiger charge is -2.49. The van der Waals surface area contributed by atoms with Crippen molar-refractivity contribution in [2.75, 3.05) is 13.4 Å². The van der Waals surface area contributed by atoms with Gasteiger partial charge in [0.25, 0.3) is 18.4 Å². The van der Waals surface area contributed by atoms with E-state index in [1.54, 1.807) is 0 Å². The number of esters is 1. The average molecular weight is 519 g/mol. The van der Waals surface area contributed by atoms with Crippen LogP contribution in [0.25, 0.3) is 0 Å². The fourth-order valence-electron chi connectivity index (χ4n) is 5.52. The summed E-state index contributed by atoms with van der Waals surface area (Å²) in [5.41, 5.74) is 0. The molecule has 1 saturated carbocycles. The molecule has 35 heavy (non-hydrogen) atoms. The van der Waals surface area contributed by atoms with E-state index in [1.165, 1.54) is 7.11 Å². The van der Waals surface area contributed by atoms with E-state index in [4.69, 9.17) is 13.3 Å². The summed E-state index contributed by atoms with van der Waals surface area (Å²) in [6.07, 6.45) is 1.43. The van der Waals surface area contributed by atoms with Gasteiger partial charge in [0.15, 0.2) is 0 Å². The summed E-state index contributed by atoms with van der Waals surface area (Å²) in [4.78, 5) is 12.6. The lowest BCUT2D eigenvalue weighted by atomic mass is 9.76. The Balaban J connectivity index is 2.18. The number of methoxy groups -OCH3 is 1. The maximum Gasteiger partial charge on any atom is 0.308 e. The highest BCUT2D eigenvalue weighted by atomic mass is 32.2. The second-order valence-electron chi connectivity index (χ2n) is 10.4. The minimum absolute atomic E-state index is 0.188. The Bertz CT molecular complexity index is 1040. The highest BCUT2D eigenvalue weighted by molar-refractivity contribution is 7.86. The van der Waals surface area contributed by atoms with Gasteiger partial charge in [0.1, 0.15) is 0 Å². The first-order valence-corrected chi connectivity index (χ1v) is 15.9. The van der Waals surface area contributed by atoms with E-state index >= 15 is 0 Å². The van der Waals surface area contributed by atoms with Gasteiger partial charge in [0.2, 0.25) is 0 Å². The molecule has 0 unspecified atom stereocenters. The predicted octanol–water partition coefficient (Wildman–Crippen LogP) is 3.89. The monoisotopic (exact) mass is 518 g/mol. The molecular weight excluding hydrogens is 480 g/mol. The standard InChI is InChI=1S/C27H38O6SSi/c1-7-23-24(32-34(6,29)30)18-20(26(28)31-5)19-25(23)33-35(27(2,3)4,21-14-10-8-11-15-21)22-16-12-9-13-17-22/h8-17,20,23-25H,7,18-19H2,1-6H3/t20-,23-,24+,25-/m1/s1. The van der Waals surface area contributed by atoms with Crippen molar-refractivity contribution in [2.24, 2.45) is 11.8 Å². The van der Waals surface area contributed by atoms with Gasteiger partial charge in [0.05, 0.1) is 31.5 Å². The first-order chi connectivity index (χ1) is 16.4. The van der Waals surface area contributed by atoms with Crippen molar-refractivity contribution in [2.45, 2.75) is 64.2 Å². The zero-order chi connectivity index (χ0) is 25.9. The minimum atomic E-state index is -3.72. The molecule has 1 aliphatic carbocycles. The molecule has 0 N–H and O–H groups in total. The fourth-order valence-corrected chi connectivity index (χ4v) is 10.9. The van der Waals surface area contributed by atoms with Crippen LogP contribution in [0.5, 0.6) is 0 Å². The van der Waals surface area contributed by atoms with Gasteiger partial charge < -0.3 is 9.16 Å². The Kier molecular flexibility index (Phi) is 8.63.